The number of benzene rings is 1. The van der Waals surface area contributed by atoms with Crippen LogP contribution in [0.1, 0.15) is 16.8 Å². The van der Waals surface area contributed by atoms with Crippen molar-refractivity contribution < 1.29 is 8.42 Å². The van der Waals surface area contributed by atoms with E-state index in [-0.39, 0.29) is 11.4 Å². The summed E-state index contributed by atoms with van der Waals surface area (Å²) in [4.78, 5) is 0.170. The van der Waals surface area contributed by atoms with Crippen molar-refractivity contribution in [3.8, 4) is 6.07 Å². The molecule has 0 aliphatic carbocycles. The predicted molar refractivity (Wildman–Crippen MR) is 75.3 cm³/mol. The number of rotatable bonds is 4. The van der Waals surface area contributed by atoms with E-state index in [0.29, 0.717) is 11.1 Å². The number of hydrogen-bond acceptors (Lipinski definition) is 3. The molecule has 0 fully saturated rings. The third kappa shape index (κ3) is 2.90. The van der Waals surface area contributed by atoms with Gasteiger partial charge in [-0.2, -0.15) is 5.26 Å². The molecule has 2 aromatic rings. The zero-order chi connectivity index (χ0) is 14.8. The molecule has 1 N–H and O–H groups in total. The van der Waals surface area contributed by atoms with Crippen LogP contribution in [0.3, 0.4) is 0 Å². The van der Waals surface area contributed by atoms with E-state index in [1.54, 1.807) is 6.92 Å². The Hall–Kier alpha value is -2.10. The van der Waals surface area contributed by atoms with E-state index in [4.69, 9.17) is 5.26 Å². The van der Waals surface area contributed by atoms with Crippen molar-refractivity contribution in [2.45, 2.75) is 18.4 Å². The van der Waals surface area contributed by atoms with Crippen molar-refractivity contribution in [2.24, 2.45) is 7.05 Å². The molecule has 0 bridgehead atoms. The van der Waals surface area contributed by atoms with Crippen molar-refractivity contribution in [2.75, 3.05) is 0 Å². The molecule has 20 heavy (non-hydrogen) atoms. The third-order valence-corrected chi connectivity index (χ3v) is 4.52. The van der Waals surface area contributed by atoms with E-state index in [2.05, 4.69) is 4.72 Å². The zero-order valence-corrected chi connectivity index (χ0v) is 12.1. The molecule has 0 spiro atoms. The fraction of sp³-hybridized carbons (Fsp3) is 0.214. The molecule has 0 saturated carbocycles. The molecular weight excluding hydrogens is 274 g/mol. The Morgan fingerprint density at radius 1 is 1.35 bits per heavy atom. The van der Waals surface area contributed by atoms with Crippen LogP contribution in [0.4, 0.5) is 0 Å². The van der Waals surface area contributed by atoms with E-state index < -0.39 is 10.0 Å². The lowest BCUT2D eigenvalue weighted by Gasteiger charge is -2.08. The fourth-order valence-corrected chi connectivity index (χ4v) is 2.94. The molecule has 0 aliphatic rings. The van der Waals surface area contributed by atoms with Gasteiger partial charge >= 0.3 is 0 Å². The molecule has 0 saturated heterocycles. The van der Waals surface area contributed by atoms with Crippen LogP contribution in [0, 0.1) is 18.3 Å². The first-order valence-corrected chi connectivity index (χ1v) is 7.53. The average molecular weight is 289 g/mol. The molecule has 1 aromatic heterocycles. The van der Waals surface area contributed by atoms with Crippen LogP contribution in [-0.2, 0) is 23.6 Å². The molecule has 5 nitrogen and oxygen atoms in total. The molecule has 6 heteroatoms. The van der Waals surface area contributed by atoms with E-state index in [0.717, 1.165) is 5.69 Å². The van der Waals surface area contributed by atoms with Crippen molar-refractivity contribution in [3.63, 3.8) is 0 Å². The summed E-state index contributed by atoms with van der Waals surface area (Å²) in [5.41, 5.74) is 2.00. The van der Waals surface area contributed by atoms with Crippen molar-refractivity contribution >= 4 is 10.0 Å². The largest absolute Gasteiger partial charge is 0.353 e. The van der Waals surface area contributed by atoms with Crippen molar-refractivity contribution in [1.29, 1.82) is 5.26 Å². The minimum absolute atomic E-state index is 0.170. The zero-order valence-electron chi connectivity index (χ0n) is 11.3. The Bertz CT molecular complexity index is 770. The van der Waals surface area contributed by atoms with Gasteiger partial charge in [0.2, 0.25) is 10.0 Å². The van der Waals surface area contributed by atoms with Crippen LogP contribution < -0.4 is 4.72 Å². The maximum absolute atomic E-state index is 12.2. The topological polar surface area (TPSA) is 74.9 Å². The Morgan fingerprint density at radius 3 is 2.65 bits per heavy atom. The summed E-state index contributed by atoms with van der Waals surface area (Å²) >= 11 is 0. The molecule has 1 heterocycles. The van der Waals surface area contributed by atoms with Gasteiger partial charge in [-0.05, 0) is 42.8 Å². The number of nitrogens with zero attached hydrogens (tertiary/aromatic N) is 2. The summed E-state index contributed by atoms with van der Waals surface area (Å²) in [5.74, 6) is 0. The SMILES string of the molecule is Cc1cc(S(=O)(=O)NCc2cccn2C)ccc1C#N. The quantitative estimate of drug-likeness (QED) is 0.930. The van der Waals surface area contributed by atoms with Gasteiger partial charge in [0, 0.05) is 18.9 Å². The number of nitriles is 1. The highest BCUT2D eigenvalue weighted by Crippen LogP contribution is 2.15. The molecule has 0 atom stereocenters. The molecule has 0 amide bonds. The summed E-state index contributed by atoms with van der Waals surface area (Å²) in [6.07, 6.45) is 1.86. The standard InChI is InChI=1S/C14H15N3O2S/c1-11-8-14(6-5-12(11)9-15)20(18,19)16-10-13-4-3-7-17(13)2/h3-8,16H,10H2,1-2H3. The minimum atomic E-state index is -3.57. The summed E-state index contributed by atoms with van der Waals surface area (Å²) in [6.45, 7) is 1.94. The Kier molecular flexibility index (Phi) is 3.93. The van der Waals surface area contributed by atoms with E-state index in [1.165, 1.54) is 18.2 Å². The Balaban J connectivity index is 2.21. The first-order valence-electron chi connectivity index (χ1n) is 6.04. The average Bonchev–Trinajstić information content (AvgIpc) is 2.82. The van der Waals surface area contributed by atoms with Gasteiger partial charge in [-0.1, -0.05) is 0 Å². The van der Waals surface area contributed by atoms with E-state index in [1.807, 2.05) is 36.0 Å². The normalized spacial score (nSPS) is 11.2. The third-order valence-electron chi connectivity index (χ3n) is 3.12. The Labute approximate surface area is 118 Å². The van der Waals surface area contributed by atoms with Gasteiger partial charge in [-0.15, -0.1) is 0 Å². The molecule has 0 unspecified atom stereocenters. The fourth-order valence-electron chi connectivity index (χ4n) is 1.86. The number of hydrogen-bond donors (Lipinski definition) is 1. The Morgan fingerprint density at radius 2 is 2.10 bits per heavy atom. The lowest BCUT2D eigenvalue weighted by molar-refractivity contribution is 0.579. The maximum atomic E-state index is 12.2. The van der Waals surface area contributed by atoms with Gasteiger partial charge in [0.05, 0.1) is 23.1 Å². The number of aryl methyl sites for hydroxylation is 2. The molecular formula is C14H15N3O2S. The molecule has 2 rings (SSSR count). The lowest BCUT2D eigenvalue weighted by Crippen LogP contribution is -2.24. The predicted octanol–water partition coefficient (Wildman–Crippen LogP) is 1.68. The van der Waals surface area contributed by atoms with Gasteiger partial charge in [0.25, 0.3) is 0 Å². The number of nitrogens with one attached hydrogen (secondary N) is 1. The van der Waals surface area contributed by atoms with Gasteiger partial charge in [-0.3, -0.25) is 0 Å². The highest BCUT2D eigenvalue weighted by molar-refractivity contribution is 7.89. The second-order valence-electron chi connectivity index (χ2n) is 4.52. The van der Waals surface area contributed by atoms with Gasteiger partial charge in [-0.25, -0.2) is 13.1 Å². The minimum Gasteiger partial charge on any atom is -0.353 e. The molecule has 1 aromatic carbocycles. The summed E-state index contributed by atoms with van der Waals surface area (Å²) < 4.78 is 28.8. The maximum Gasteiger partial charge on any atom is 0.240 e. The van der Waals surface area contributed by atoms with Crippen LogP contribution in [-0.4, -0.2) is 13.0 Å². The summed E-state index contributed by atoms with van der Waals surface area (Å²) in [7, 11) is -1.72. The smallest absolute Gasteiger partial charge is 0.240 e. The highest BCUT2D eigenvalue weighted by Gasteiger charge is 2.15. The van der Waals surface area contributed by atoms with Crippen molar-refractivity contribution in [1.82, 2.24) is 9.29 Å². The van der Waals surface area contributed by atoms with E-state index >= 15 is 0 Å². The number of sulfonamides is 1. The van der Waals surface area contributed by atoms with Gasteiger partial charge < -0.3 is 4.57 Å². The second-order valence-corrected chi connectivity index (χ2v) is 6.29. The monoisotopic (exact) mass is 289 g/mol. The van der Waals surface area contributed by atoms with Crippen LogP contribution >= 0.6 is 0 Å². The first kappa shape index (κ1) is 14.3. The molecule has 0 aliphatic heterocycles. The van der Waals surface area contributed by atoms with Crippen molar-refractivity contribution in [3.05, 3.63) is 53.3 Å². The molecule has 104 valence electrons. The molecule has 0 radical (unpaired) electrons. The second kappa shape index (κ2) is 5.49. The van der Waals surface area contributed by atoms with Crippen LogP contribution in [0.25, 0.3) is 0 Å². The summed E-state index contributed by atoms with van der Waals surface area (Å²) in [6, 6.07) is 10.2. The lowest BCUT2D eigenvalue weighted by atomic mass is 10.1. The van der Waals surface area contributed by atoms with Crippen LogP contribution in [0.5, 0.6) is 0 Å². The van der Waals surface area contributed by atoms with Crippen LogP contribution in [0.2, 0.25) is 0 Å². The first-order chi connectivity index (χ1) is 9.44. The van der Waals surface area contributed by atoms with E-state index in [9.17, 15) is 8.42 Å². The van der Waals surface area contributed by atoms with Gasteiger partial charge in [0.15, 0.2) is 0 Å². The highest BCUT2D eigenvalue weighted by atomic mass is 32.2. The number of aromatic nitrogens is 1. The van der Waals surface area contributed by atoms with Gasteiger partial charge in [0.1, 0.15) is 0 Å². The van der Waals surface area contributed by atoms with Crippen LogP contribution in [0.15, 0.2) is 41.4 Å². The summed E-state index contributed by atoms with van der Waals surface area (Å²) in [5, 5.41) is 8.85.